The maximum Gasteiger partial charge on any atom is 0.170 e. The highest BCUT2D eigenvalue weighted by Crippen LogP contribution is 2.04. The van der Waals surface area contributed by atoms with Crippen molar-refractivity contribution < 1.29 is 0 Å². The van der Waals surface area contributed by atoms with E-state index in [1.54, 1.807) is 0 Å². The van der Waals surface area contributed by atoms with Gasteiger partial charge in [0.05, 0.1) is 0 Å². The van der Waals surface area contributed by atoms with Crippen molar-refractivity contribution in [2.45, 2.75) is 0 Å². The van der Waals surface area contributed by atoms with Crippen LogP contribution < -0.4 is 16.0 Å². The first-order chi connectivity index (χ1) is 8.84. The van der Waals surface area contributed by atoms with Crippen molar-refractivity contribution in [2.75, 3.05) is 44.6 Å². The summed E-state index contributed by atoms with van der Waals surface area (Å²) < 4.78 is 0. The molecule has 1 aliphatic heterocycles. The van der Waals surface area contributed by atoms with Crippen LogP contribution in [0.15, 0.2) is 30.3 Å². The summed E-state index contributed by atoms with van der Waals surface area (Å²) >= 11 is 5.25. The second kappa shape index (κ2) is 7.31. The molecule has 1 heterocycles. The van der Waals surface area contributed by atoms with Crippen molar-refractivity contribution in [3.05, 3.63) is 30.3 Å². The Balaban J connectivity index is 1.62. The van der Waals surface area contributed by atoms with E-state index in [-0.39, 0.29) is 0 Å². The molecule has 3 N–H and O–H groups in total. The fourth-order valence-electron chi connectivity index (χ4n) is 1.96. The number of hydrogen-bond donors (Lipinski definition) is 3. The molecule has 0 saturated carbocycles. The molecule has 0 spiro atoms. The number of para-hydroxylation sites is 1. The Bertz CT molecular complexity index is 363. The van der Waals surface area contributed by atoms with E-state index >= 15 is 0 Å². The quantitative estimate of drug-likeness (QED) is 0.704. The Hall–Kier alpha value is -1.17. The smallest absolute Gasteiger partial charge is 0.170 e. The number of rotatable bonds is 4. The highest BCUT2D eigenvalue weighted by molar-refractivity contribution is 7.80. The SMILES string of the molecule is S=C(NCCN1CCNCC1)Nc1ccccc1. The molecular weight excluding hydrogens is 244 g/mol. The van der Waals surface area contributed by atoms with Gasteiger partial charge in [0, 0.05) is 45.0 Å². The minimum atomic E-state index is 0.691. The molecule has 1 saturated heterocycles. The van der Waals surface area contributed by atoms with Gasteiger partial charge in [-0.25, -0.2) is 0 Å². The topological polar surface area (TPSA) is 39.3 Å². The van der Waals surface area contributed by atoms with Gasteiger partial charge in [0.25, 0.3) is 0 Å². The van der Waals surface area contributed by atoms with Crippen LogP contribution in [-0.4, -0.2) is 49.3 Å². The molecule has 2 rings (SSSR count). The third-order valence-corrected chi connectivity index (χ3v) is 3.20. The number of piperazine rings is 1. The fraction of sp³-hybridized carbons (Fsp3) is 0.462. The van der Waals surface area contributed by atoms with Gasteiger partial charge in [-0.05, 0) is 24.4 Å². The van der Waals surface area contributed by atoms with Crippen LogP contribution in [0.5, 0.6) is 0 Å². The molecular formula is C13H20N4S. The van der Waals surface area contributed by atoms with Crippen LogP contribution in [0.4, 0.5) is 5.69 Å². The van der Waals surface area contributed by atoms with E-state index in [1.807, 2.05) is 30.3 Å². The molecule has 0 bridgehead atoms. The molecule has 5 heteroatoms. The van der Waals surface area contributed by atoms with Gasteiger partial charge in [0.1, 0.15) is 0 Å². The summed E-state index contributed by atoms with van der Waals surface area (Å²) in [6.07, 6.45) is 0. The van der Waals surface area contributed by atoms with Crippen molar-refractivity contribution >= 4 is 23.0 Å². The first-order valence-electron chi connectivity index (χ1n) is 6.37. The number of nitrogens with one attached hydrogen (secondary N) is 3. The van der Waals surface area contributed by atoms with Gasteiger partial charge < -0.3 is 16.0 Å². The largest absolute Gasteiger partial charge is 0.361 e. The van der Waals surface area contributed by atoms with Crippen LogP contribution >= 0.6 is 12.2 Å². The van der Waals surface area contributed by atoms with Gasteiger partial charge in [-0.2, -0.15) is 0 Å². The first kappa shape index (κ1) is 13.3. The summed E-state index contributed by atoms with van der Waals surface area (Å²) in [5, 5.41) is 10.4. The van der Waals surface area contributed by atoms with E-state index in [0.29, 0.717) is 5.11 Å². The zero-order chi connectivity index (χ0) is 12.6. The molecule has 0 unspecified atom stereocenters. The van der Waals surface area contributed by atoms with Gasteiger partial charge in [0.2, 0.25) is 0 Å². The fourth-order valence-corrected chi connectivity index (χ4v) is 2.18. The molecule has 1 aromatic rings. The summed E-state index contributed by atoms with van der Waals surface area (Å²) in [5.74, 6) is 0. The molecule has 18 heavy (non-hydrogen) atoms. The van der Waals surface area contributed by atoms with E-state index in [1.165, 1.54) is 0 Å². The number of hydrogen-bond acceptors (Lipinski definition) is 3. The minimum Gasteiger partial charge on any atom is -0.361 e. The molecule has 1 aliphatic rings. The van der Waals surface area contributed by atoms with Gasteiger partial charge in [-0.3, -0.25) is 4.90 Å². The zero-order valence-corrected chi connectivity index (χ0v) is 11.3. The standard InChI is InChI=1S/C13H20N4S/c18-13(16-12-4-2-1-3-5-12)15-8-11-17-9-6-14-7-10-17/h1-5,14H,6-11H2,(H2,15,16,18). The molecule has 0 atom stereocenters. The Morgan fingerprint density at radius 3 is 2.67 bits per heavy atom. The normalized spacial score (nSPS) is 16.2. The predicted octanol–water partition coefficient (Wildman–Crippen LogP) is 0.878. The van der Waals surface area contributed by atoms with Crippen LogP contribution in [0, 0.1) is 0 Å². The van der Waals surface area contributed by atoms with Gasteiger partial charge in [-0.15, -0.1) is 0 Å². The van der Waals surface area contributed by atoms with Crippen molar-refractivity contribution in [1.82, 2.24) is 15.5 Å². The molecule has 0 aromatic heterocycles. The first-order valence-corrected chi connectivity index (χ1v) is 6.78. The van der Waals surface area contributed by atoms with Crippen molar-refractivity contribution in [3.8, 4) is 0 Å². The van der Waals surface area contributed by atoms with Crippen LogP contribution in [0.2, 0.25) is 0 Å². The Kier molecular flexibility index (Phi) is 5.38. The molecule has 0 amide bonds. The average Bonchev–Trinajstić information content (AvgIpc) is 2.41. The van der Waals surface area contributed by atoms with E-state index < -0.39 is 0 Å². The summed E-state index contributed by atoms with van der Waals surface area (Å²) in [6.45, 7) is 6.36. The lowest BCUT2D eigenvalue weighted by Gasteiger charge is -2.27. The maximum atomic E-state index is 5.25. The predicted molar refractivity (Wildman–Crippen MR) is 80.0 cm³/mol. The second-order valence-electron chi connectivity index (χ2n) is 4.34. The van der Waals surface area contributed by atoms with Gasteiger partial charge >= 0.3 is 0 Å². The number of anilines is 1. The molecule has 0 radical (unpaired) electrons. The van der Waals surface area contributed by atoms with Crippen LogP contribution in [0.3, 0.4) is 0 Å². The van der Waals surface area contributed by atoms with Gasteiger partial charge in [0.15, 0.2) is 5.11 Å². The Labute approximate surface area is 114 Å². The highest BCUT2D eigenvalue weighted by atomic mass is 32.1. The summed E-state index contributed by atoms with van der Waals surface area (Å²) in [5.41, 5.74) is 1.03. The monoisotopic (exact) mass is 264 g/mol. The highest BCUT2D eigenvalue weighted by Gasteiger charge is 2.08. The summed E-state index contributed by atoms with van der Waals surface area (Å²) in [6, 6.07) is 9.98. The Morgan fingerprint density at radius 1 is 1.22 bits per heavy atom. The molecule has 4 nitrogen and oxygen atoms in total. The number of nitrogens with zero attached hydrogens (tertiary/aromatic N) is 1. The summed E-state index contributed by atoms with van der Waals surface area (Å²) in [7, 11) is 0. The lowest BCUT2D eigenvalue weighted by atomic mass is 10.3. The second-order valence-corrected chi connectivity index (χ2v) is 4.75. The number of thiocarbonyl (C=S) groups is 1. The molecule has 1 fully saturated rings. The lowest BCUT2D eigenvalue weighted by Crippen LogP contribution is -2.46. The molecule has 98 valence electrons. The lowest BCUT2D eigenvalue weighted by molar-refractivity contribution is 0.245. The number of benzene rings is 1. The van der Waals surface area contributed by atoms with Crippen molar-refractivity contribution in [3.63, 3.8) is 0 Å². The van der Waals surface area contributed by atoms with E-state index in [2.05, 4.69) is 20.9 Å². The third kappa shape index (κ3) is 4.60. The molecule has 0 aliphatic carbocycles. The van der Waals surface area contributed by atoms with E-state index in [0.717, 1.165) is 45.0 Å². The van der Waals surface area contributed by atoms with E-state index in [4.69, 9.17) is 12.2 Å². The van der Waals surface area contributed by atoms with E-state index in [9.17, 15) is 0 Å². The van der Waals surface area contributed by atoms with Crippen LogP contribution in [-0.2, 0) is 0 Å². The van der Waals surface area contributed by atoms with Crippen LogP contribution in [0.25, 0.3) is 0 Å². The molecule has 1 aromatic carbocycles. The van der Waals surface area contributed by atoms with Gasteiger partial charge in [-0.1, -0.05) is 18.2 Å². The minimum absolute atomic E-state index is 0.691. The maximum absolute atomic E-state index is 5.25. The average molecular weight is 264 g/mol. The summed E-state index contributed by atoms with van der Waals surface area (Å²) in [4.78, 5) is 2.44. The van der Waals surface area contributed by atoms with Crippen molar-refractivity contribution in [2.24, 2.45) is 0 Å². The van der Waals surface area contributed by atoms with Crippen molar-refractivity contribution in [1.29, 1.82) is 0 Å². The third-order valence-electron chi connectivity index (χ3n) is 2.95. The Morgan fingerprint density at radius 2 is 1.94 bits per heavy atom. The zero-order valence-electron chi connectivity index (χ0n) is 10.5. The van der Waals surface area contributed by atoms with Crippen LogP contribution in [0.1, 0.15) is 0 Å².